The van der Waals surface area contributed by atoms with E-state index in [1.54, 1.807) is 11.3 Å². The SMILES string of the molecule is CCCC(NC(=O)CC(C)N)c1cccs1. The quantitative estimate of drug-likeness (QED) is 0.802. The fourth-order valence-electron chi connectivity index (χ4n) is 1.61. The van der Waals surface area contributed by atoms with Gasteiger partial charge in [-0.3, -0.25) is 4.79 Å². The van der Waals surface area contributed by atoms with Crippen LogP contribution in [-0.4, -0.2) is 11.9 Å². The molecule has 0 bridgehead atoms. The molecule has 0 aliphatic heterocycles. The Morgan fingerprint density at radius 1 is 1.62 bits per heavy atom. The summed E-state index contributed by atoms with van der Waals surface area (Å²) in [5.74, 6) is 0.0434. The second-order valence-corrected chi connectivity index (χ2v) is 5.08. The maximum atomic E-state index is 11.6. The van der Waals surface area contributed by atoms with Gasteiger partial charge in [0.15, 0.2) is 0 Å². The van der Waals surface area contributed by atoms with E-state index in [0.29, 0.717) is 6.42 Å². The molecule has 0 saturated heterocycles. The number of rotatable bonds is 6. The third kappa shape index (κ3) is 4.33. The van der Waals surface area contributed by atoms with E-state index in [1.165, 1.54) is 4.88 Å². The number of nitrogens with one attached hydrogen (secondary N) is 1. The van der Waals surface area contributed by atoms with Crippen molar-refractivity contribution >= 4 is 17.2 Å². The Kier molecular flexibility index (Phi) is 5.49. The summed E-state index contributed by atoms with van der Waals surface area (Å²) in [6.45, 7) is 3.97. The van der Waals surface area contributed by atoms with Gasteiger partial charge in [0.1, 0.15) is 0 Å². The van der Waals surface area contributed by atoms with Gasteiger partial charge in [-0.25, -0.2) is 0 Å². The summed E-state index contributed by atoms with van der Waals surface area (Å²) >= 11 is 1.69. The topological polar surface area (TPSA) is 55.1 Å². The number of carbonyl (C=O) groups excluding carboxylic acids is 1. The van der Waals surface area contributed by atoms with Crippen LogP contribution in [0.2, 0.25) is 0 Å². The van der Waals surface area contributed by atoms with Crippen LogP contribution in [0.5, 0.6) is 0 Å². The smallest absolute Gasteiger partial charge is 0.222 e. The van der Waals surface area contributed by atoms with E-state index >= 15 is 0 Å². The Labute approximate surface area is 101 Å². The molecule has 0 saturated carbocycles. The van der Waals surface area contributed by atoms with Crippen LogP contribution < -0.4 is 11.1 Å². The number of hydrogen-bond acceptors (Lipinski definition) is 3. The molecule has 1 heterocycles. The average molecular weight is 240 g/mol. The Morgan fingerprint density at radius 3 is 2.88 bits per heavy atom. The highest BCUT2D eigenvalue weighted by Gasteiger charge is 2.15. The van der Waals surface area contributed by atoms with Crippen molar-refractivity contribution in [2.45, 2.75) is 45.2 Å². The zero-order valence-electron chi connectivity index (χ0n) is 9.90. The van der Waals surface area contributed by atoms with Gasteiger partial charge in [0, 0.05) is 17.3 Å². The lowest BCUT2D eigenvalue weighted by Crippen LogP contribution is -2.32. The first-order valence-corrected chi connectivity index (χ1v) is 6.59. The number of nitrogens with two attached hydrogens (primary N) is 1. The summed E-state index contributed by atoms with van der Waals surface area (Å²) in [5.41, 5.74) is 5.60. The molecule has 0 aliphatic carbocycles. The fourth-order valence-corrected chi connectivity index (χ4v) is 2.42. The Morgan fingerprint density at radius 2 is 2.38 bits per heavy atom. The van der Waals surface area contributed by atoms with E-state index in [0.717, 1.165) is 12.8 Å². The maximum absolute atomic E-state index is 11.6. The lowest BCUT2D eigenvalue weighted by Gasteiger charge is -2.17. The molecule has 0 radical (unpaired) electrons. The molecular formula is C12H20N2OS. The minimum absolute atomic E-state index is 0.0434. The molecule has 1 aromatic heterocycles. The van der Waals surface area contributed by atoms with Crippen molar-refractivity contribution in [3.05, 3.63) is 22.4 Å². The van der Waals surface area contributed by atoms with Crippen LogP contribution >= 0.6 is 11.3 Å². The molecule has 3 N–H and O–H groups in total. The predicted molar refractivity (Wildman–Crippen MR) is 68.4 cm³/mol. The largest absolute Gasteiger partial charge is 0.348 e. The highest BCUT2D eigenvalue weighted by Crippen LogP contribution is 2.23. The third-order valence-electron chi connectivity index (χ3n) is 2.31. The van der Waals surface area contributed by atoms with Crippen LogP contribution in [-0.2, 0) is 4.79 Å². The monoisotopic (exact) mass is 240 g/mol. The van der Waals surface area contributed by atoms with Crippen molar-refractivity contribution in [1.29, 1.82) is 0 Å². The summed E-state index contributed by atoms with van der Waals surface area (Å²) in [4.78, 5) is 12.9. The molecule has 0 aromatic carbocycles. The molecule has 2 unspecified atom stereocenters. The predicted octanol–water partition coefficient (Wildman–Crippen LogP) is 2.44. The van der Waals surface area contributed by atoms with Crippen molar-refractivity contribution in [2.24, 2.45) is 5.73 Å². The maximum Gasteiger partial charge on any atom is 0.222 e. The Bertz CT molecular complexity index is 309. The second kappa shape index (κ2) is 6.66. The molecule has 2 atom stereocenters. The summed E-state index contributed by atoms with van der Waals surface area (Å²) < 4.78 is 0. The van der Waals surface area contributed by atoms with Gasteiger partial charge >= 0.3 is 0 Å². The molecule has 4 heteroatoms. The first kappa shape index (κ1) is 13.2. The summed E-state index contributed by atoms with van der Waals surface area (Å²) in [6.07, 6.45) is 2.43. The van der Waals surface area contributed by atoms with Gasteiger partial charge in [0.05, 0.1) is 6.04 Å². The normalized spacial score (nSPS) is 14.4. The molecule has 0 aliphatic rings. The molecule has 1 aromatic rings. The molecule has 1 rings (SSSR count). The van der Waals surface area contributed by atoms with Crippen LogP contribution in [0.1, 0.15) is 44.0 Å². The van der Waals surface area contributed by atoms with Gasteiger partial charge in [0.2, 0.25) is 5.91 Å². The zero-order chi connectivity index (χ0) is 12.0. The Balaban J connectivity index is 2.55. The zero-order valence-corrected chi connectivity index (χ0v) is 10.7. The molecule has 16 heavy (non-hydrogen) atoms. The van der Waals surface area contributed by atoms with Crippen LogP contribution in [0.25, 0.3) is 0 Å². The van der Waals surface area contributed by atoms with E-state index in [9.17, 15) is 4.79 Å². The van der Waals surface area contributed by atoms with Gasteiger partial charge < -0.3 is 11.1 Å². The first-order chi connectivity index (χ1) is 7.63. The Hall–Kier alpha value is -0.870. The molecule has 1 amide bonds. The standard InChI is InChI=1S/C12H20N2OS/c1-3-5-10(11-6-4-7-16-11)14-12(15)8-9(2)13/h4,6-7,9-10H,3,5,8,13H2,1-2H3,(H,14,15). The van der Waals surface area contributed by atoms with Crippen LogP contribution in [0.3, 0.4) is 0 Å². The van der Waals surface area contributed by atoms with E-state index in [2.05, 4.69) is 18.3 Å². The summed E-state index contributed by atoms with van der Waals surface area (Å²) in [5, 5.41) is 5.08. The number of thiophene rings is 1. The van der Waals surface area contributed by atoms with Crippen molar-refractivity contribution in [3.8, 4) is 0 Å². The highest BCUT2D eigenvalue weighted by molar-refractivity contribution is 7.10. The van der Waals surface area contributed by atoms with Crippen molar-refractivity contribution in [2.75, 3.05) is 0 Å². The fraction of sp³-hybridized carbons (Fsp3) is 0.583. The molecule has 90 valence electrons. The molecular weight excluding hydrogens is 220 g/mol. The van der Waals surface area contributed by atoms with Crippen molar-refractivity contribution < 1.29 is 4.79 Å². The van der Waals surface area contributed by atoms with Gasteiger partial charge in [-0.15, -0.1) is 11.3 Å². The van der Waals surface area contributed by atoms with Crippen LogP contribution in [0.15, 0.2) is 17.5 Å². The lowest BCUT2D eigenvalue weighted by atomic mass is 10.1. The minimum Gasteiger partial charge on any atom is -0.348 e. The highest BCUT2D eigenvalue weighted by atomic mass is 32.1. The van der Waals surface area contributed by atoms with Crippen molar-refractivity contribution in [3.63, 3.8) is 0 Å². The molecule has 3 nitrogen and oxygen atoms in total. The van der Waals surface area contributed by atoms with E-state index in [4.69, 9.17) is 5.73 Å². The van der Waals surface area contributed by atoms with Gasteiger partial charge in [0.25, 0.3) is 0 Å². The molecule has 0 fully saturated rings. The molecule has 0 spiro atoms. The summed E-state index contributed by atoms with van der Waals surface area (Å²) in [7, 11) is 0. The third-order valence-corrected chi connectivity index (χ3v) is 3.29. The van der Waals surface area contributed by atoms with E-state index in [1.807, 2.05) is 18.4 Å². The van der Waals surface area contributed by atoms with E-state index < -0.39 is 0 Å². The first-order valence-electron chi connectivity index (χ1n) is 5.71. The van der Waals surface area contributed by atoms with Crippen LogP contribution in [0, 0.1) is 0 Å². The lowest BCUT2D eigenvalue weighted by molar-refractivity contribution is -0.122. The second-order valence-electron chi connectivity index (χ2n) is 4.11. The van der Waals surface area contributed by atoms with Crippen LogP contribution in [0.4, 0.5) is 0 Å². The summed E-state index contributed by atoms with van der Waals surface area (Å²) in [6, 6.07) is 4.15. The number of carbonyl (C=O) groups is 1. The average Bonchev–Trinajstić information content (AvgIpc) is 2.68. The van der Waals surface area contributed by atoms with Gasteiger partial charge in [-0.05, 0) is 24.8 Å². The van der Waals surface area contributed by atoms with Crippen molar-refractivity contribution in [1.82, 2.24) is 5.32 Å². The van der Waals surface area contributed by atoms with E-state index in [-0.39, 0.29) is 18.0 Å². The minimum atomic E-state index is -0.0781. The van der Waals surface area contributed by atoms with Gasteiger partial charge in [-0.2, -0.15) is 0 Å². The number of hydrogen-bond donors (Lipinski definition) is 2. The number of amides is 1. The van der Waals surface area contributed by atoms with Gasteiger partial charge in [-0.1, -0.05) is 19.4 Å².